The summed E-state index contributed by atoms with van der Waals surface area (Å²) in [5.74, 6) is 0.185. The predicted molar refractivity (Wildman–Crippen MR) is 66.1 cm³/mol. The number of rotatable bonds is 4. The van der Waals surface area contributed by atoms with Crippen molar-refractivity contribution >= 4 is 12.0 Å². The number of amides is 2. The highest BCUT2D eigenvalue weighted by molar-refractivity contribution is 5.80. The molecule has 0 aliphatic carbocycles. The Labute approximate surface area is 107 Å². The first kappa shape index (κ1) is 13.1. The monoisotopic (exact) mass is 255 g/mol. The largest absolute Gasteiger partial charge is 0.465 e. The molecule has 3 rings (SSSR count). The van der Waals surface area contributed by atoms with Crippen molar-refractivity contribution in [3.63, 3.8) is 0 Å². The van der Waals surface area contributed by atoms with Gasteiger partial charge in [-0.2, -0.15) is 0 Å². The van der Waals surface area contributed by atoms with Crippen LogP contribution in [0, 0.1) is 5.92 Å². The molecule has 18 heavy (non-hydrogen) atoms. The molecule has 2 N–H and O–H groups in total. The smallest absolute Gasteiger partial charge is 0.325 e. The second kappa shape index (κ2) is 6.04. The summed E-state index contributed by atoms with van der Waals surface area (Å²) in [7, 11) is 0. The average molecular weight is 255 g/mol. The molecule has 1 unspecified atom stereocenters. The molecule has 3 heterocycles. The van der Waals surface area contributed by atoms with Gasteiger partial charge in [0.25, 0.3) is 0 Å². The van der Waals surface area contributed by atoms with Gasteiger partial charge < -0.3 is 20.3 Å². The normalized spacial score (nSPS) is 29.7. The zero-order valence-electron chi connectivity index (χ0n) is 10.8. The minimum absolute atomic E-state index is 0.0687. The van der Waals surface area contributed by atoms with Crippen molar-refractivity contribution in [1.82, 2.24) is 15.5 Å². The van der Waals surface area contributed by atoms with Crippen LogP contribution in [0.5, 0.6) is 0 Å². The third kappa shape index (κ3) is 3.35. The van der Waals surface area contributed by atoms with Crippen LogP contribution < -0.4 is 10.6 Å². The van der Waals surface area contributed by atoms with Crippen LogP contribution in [0.4, 0.5) is 4.79 Å². The number of piperidine rings is 3. The predicted octanol–water partition coefficient (Wildman–Crippen LogP) is -0.0571. The lowest BCUT2D eigenvalue weighted by atomic mass is 9.84. The SMILES string of the molecule is CCOC(=O)CNC(=O)NC1CN2CCC1CC2. The Bertz CT molecular complexity index is 314. The molecular weight excluding hydrogens is 234 g/mol. The summed E-state index contributed by atoms with van der Waals surface area (Å²) in [5, 5.41) is 5.48. The van der Waals surface area contributed by atoms with Gasteiger partial charge in [-0.3, -0.25) is 4.79 Å². The number of esters is 1. The van der Waals surface area contributed by atoms with Gasteiger partial charge in [0.1, 0.15) is 6.54 Å². The van der Waals surface area contributed by atoms with E-state index in [1.165, 1.54) is 0 Å². The van der Waals surface area contributed by atoms with Crippen LogP contribution in [0.15, 0.2) is 0 Å². The van der Waals surface area contributed by atoms with Gasteiger partial charge in [0.2, 0.25) is 0 Å². The molecule has 0 saturated carbocycles. The van der Waals surface area contributed by atoms with Gasteiger partial charge in [-0.05, 0) is 38.8 Å². The Morgan fingerprint density at radius 1 is 1.33 bits per heavy atom. The van der Waals surface area contributed by atoms with E-state index < -0.39 is 5.97 Å². The van der Waals surface area contributed by atoms with Gasteiger partial charge in [0, 0.05) is 12.6 Å². The molecule has 0 radical (unpaired) electrons. The molecular formula is C12H21N3O3. The minimum Gasteiger partial charge on any atom is -0.465 e. The molecule has 3 aliphatic rings. The first-order valence-corrected chi connectivity index (χ1v) is 6.61. The topological polar surface area (TPSA) is 70.7 Å². The van der Waals surface area contributed by atoms with Gasteiger partial charge in [-0.15, -0.1) is 0 Å². The number of urea groups is 1. The van der Waals surface area contributed by atoms with Gasteiger partial charge in [-0.25, -0.2) is 4.79 Å². The maximum Gasteiger partial charge on any atom is 0.325 e. The Morgan fingerprint density at radius 3 is 2.61 bits per heavy atom. The Morgan fingerprint density at radius 2 is 2.06 bits per heavy atom. The summed E-state index contributed by atoms with van der Waals surface area (Å²) in [6, 6.07) is -0.0588. The van der Waals surface area contributed by atoms with Crippen molar-refractivity contribution in [3.8, 4) is 0 Å². The van der Waals surface area contributed by atoms with Crippen LogP contribution in [0.1, 0.15) is 19.8 Å². The third-order valence-electron chi connectivity index (χ3n) is 3.67. The van der Waals surface area contributed by atoms with Crippen molar-refractivity contribution in [1.29, 1.82) is 0 Å². The quantitative estimate of drug-likeness (QED) is 0.691. The number of nitrogens with zero attached hydrogens (tertiary/aromatic N) is 1. The van der Waals surface area contributed by atoms with Gasteiger partial charge >= 0.3 is 12.0 Å². The van der Waals surface area contributed by atoms with E-state index in [9.17, 15) is 9.59 Å². The molecule has 3 saturated heterocycles. The fourth-order valence-electron chi connectivity index (χ4n) is 2.71. The Balaban J connectivity index is 1.69. The molecule has 3 aliphatic heterocycles. The highest BCUT2D eigenvalue weighted by atomic mass is 16.5. The third-order valence-corrected chi connectivity index (χ3v) is 3.67. The lowest BCUT2D eigenvalue weighted by Crippen LogP contribution is -2.58. The molecule has 2 amide bonds. The fraction of sp³-hybridized carbons (Fsp3) is 0.833. The number of hydrogen-bond donors (Lipinski definition) is 2. The van der Waals surface area contributed by atoms with E-state index in [0.29, 0.717) is 12.5 Å². The second-order valence-electron chi connectivity index (χ2n) is 4.88. The molecule has 0 aromatic heterocycles. The molecule has 0 aromatic rings. The van der Waals surface area contributed by atoms with Crippen molar-refractivity contribution in [3.05, 3.63) is 0 Å². The summed E-state index contributed by atoms with van der Waals surface area (Å²) >= 11 is 0. The van der Waals surface area contributed by atoms with Gasteiger partial charge in [-0.1, -0.05) is 0 Å². The van der Waals surface area contributed by atoms with E-state index in [1.807, 2.05) is 0 Å². The maximum atomic E-state index is 11.6. The number of carbonyl (C=O) groups excluding carboxylic acids is 2. The molecule has 0 aromatic carbocycles. The molecule has 2 bridgehead atoms. The van der Waals surface area contributed by atoms with Crippen molar-refractivity contribution in [2.45, 2.75) is 25.8 Å². The number of fused-ring (bicyclic) bond motifs is 3. The van der Waals surface area contributed by atoms with Crippen LogP contribution in [0.3, 0.4) is 0 Å². The fourth-order valence-corrected chi connectivity index (χ4v) is 2.71. The highest BCUT2D eigenvalue weighted by Gasteiger charge is 2.34. The lowest BCUT2D eigenvalue weighted by molar-refractivity contribution is -0.141. The first-order valence-electron chi connectivity index (χ1n) is 6.61. The summed E-state index contributed by atoms with van der Waals surface area (Å²) < 4.78 is 4.74. The number of ether oxygens (including phenoxy) is 1. The average Bonchev–Trinajstić information content (AvgIpc) is 2.38. The summed E-state index contributed by atoms with van der Waals surface area (Å²) in [6.45, 7) is 5.23. The maximum absolute atomic E-state index is 11.6. The summed E-state index contributed by atoms with van der Waals surface area (Å²) in [5.41, 5.74) is 0. The number of carbonyl (C=O) groups is 2. The Kier molecular flexibility index (Phi) is 4.41. The van der Waals surface area contributed by atoms with E-state index in [1.54, 1.807) is 6.92 Å². The van der Waals surface area contributed by atoms with Gasteiger partial charge in [0.05, 0.1) is 6.61 Å². The molecule has 3 fully saturated rings. The van der Waals surface area contributed by atoms with E-state index in [4.69, 9.17) is 4.74 Å². The van der Waals surface area contributed by atoms with Crippen molar-refractivity contribution in [2.24, 2.45) is 5.92 Å². The minimum atomic E-state index is -0.401. The van der Waals surface area contributed by atoms with Crippen LogP contribution in [0.25, 0.3) is 0 Å². The Hall–Kier alpha value is -1.30. The molecule has 6 heteroatoms. The number of hydrogen-bond acceptors (Lipinski definition) is 4. The zero-order valence-corrected chi connectivity index (χ0v) is 10.8. The highest BCUT2D eigenvalue weighted by Crippen LogP contribution is 2.27. The van der Waals surface area contributed by atoms with E-state index in [-0.39, 0.29) is 18.6 Å². The zero-order chi connectivity index (χ0) is 13.0. The van der Waals surface area contributed by atoms with E-state index in [0.717, 1.165) is 32.5 Å². The molecule has 102 valence electrons. The molecule has 1 atom stereocenters. The standard InChI is InChI=1S/C12H21N3O3/c1-2-18-11(16)7-13-12(17)14-10-8-15-5-3-9(10)4-6-15/h9-10H,2-8H2,1H3,(H2,13,14,17). The van der Waals surface area contributed by atoms with Crippen LogP contribution >= 0.6 is 0 Å². The van der Waals surface area contributed by atoms with Gasteiger partial charge in [0.15, 0.2) is 0 Å². The van der Waals surface area contributed by atoms with Crippen molar-refractivity contribution < 1.29 is 14.3 Å². The van der Waals surface area contributed by atoms with Crippen LogP contribution in [-0.2, 0) is 9.53 Å². The lowest BCUT2D eigenvalue weighted by Gasteiger charge is -2.44. The first-order chi connectivity index (χ1) is 8.69. The van der Waals surface area contributed by atoms with E-state index >= 15 is 0 Å². The van der Waals surface area contributed by atoms with Crippen LogP contribution in [-0.4, -0.2) is 55.7 Å². The molecule has 0 spiro atoms. The van der Waals surface area contributed by atoms with E-state index in [2.05, 4.69) is 15.5 Å². The van der Waals surface area contributed by atoms with Crippen LogP contribution in [0.2, 0.25) is 0 Å². The van der Waals surface area contributed by atoms with Crippen molar-refractivity contribution in [2.75, 3.05) is 32.8 Å². The summed E-state index contributed by atoms with van der Waals surface area (Å²) in [4.78, 5) is 25.1. The second-order valence-corrected chi connectivity index (χ2v) is 4.88. The number of nitrogens with one attached hydrogen (secondary N) is 2. The molecule has 6 nitrogen and oxygen atoms in total. The summed E-state index contributed by atoms with van der Waals surface area (Å²) in [6.07, 6.45) is 2.31.